The van der Waals surface area contributed by atoms with Gasteiger partial charge in [-0.3, -0.25) is 4.98 Å². The van der Waals surface area contributed by atoms with E-state index in [1.807, 2.05) is 19.3 Å². The summed E-state index contributed by atoms with van der Waals surface area (Å²) in [4.78, 5) is 4.34. The number of nitrogens with one attached hydrogen (secondary N) is 1. The fraction of sp³-hybridized carbons (Fsp3) is 0.688. The molecule has 2 aliphatic carbocycles. The van der Waals surface area contributed by atoms with Crippen LogP contribution in [0.25, 0.3) is 0 Å². The van der Waals surface area contributed by atoms with Gasteiger partial charge in [0.05, 0.1) is 12.8 Å². The van der Waals surface area contributed by atoms with E-state index in [0.717, 1.165) is 17.7 Å². The van der Waals surface area contributed by atoms with Crippen LogP contribution in [0, 0.1) is 5.92 Å². The summed E-state index contributed by atoms with van der Waals surface area (Å²) in [6, 6.07) is 3.01. The van der Waals surface area contributed by atoms with E-state index in [1.54, 1.807) is 0 Å². The van der Waals surface area contributed by atoms with Crippen molar-refractivity contribution in [2.24, 2.45) is 5.92 Å². The van der Waals surface area contributed by atoms with E-state index in [-0.39, 0.29) is 0 Å². The van der Waals surface area contributed by atoms with Gasteiger partial charge in [0.1, 0.15) is 5.75 Å². The maximum Gasteiger partial charge on any atom is 0.137 e. The van der Waals surface area contributed by atoms with Gasteiger partial charge in [-0.15, -0.1) is 0 Å². The van der Waals surface area contributed by atoms with Crippen molar-refractivity contribution in [3.8, 4) is 5.75 Å². The Balaban J connectivity index is 1.66. The van der Waals surface area contributed by atoms with E-state index in [4.69, 9.17) is 4.74 Å². The van der Waals surface area contributed by atoms with Gasteiger partial charge >= 0.3 is 0 Å². The Morgan fingerprint density at radius 3 is 2.95 bits per heavy atom. The monoisotopic (exact) mass is 260 g/mol. The van der Waals surface area contributed by atoms with Gasteiger partial charge < -0.3 is 10.1 Å². The zero-order valence-corrected chi connectivity index (χ0v) is 11.8. The molecule has 19 heavy (non-hydrogen) atoms. The number of aromatic nitrogens is 1. The van der Waals surface area contributed by atoms with Crippen molar-refractivity contribution in [2.75, 3.05) is 13.2 Å². The average Bonchev–Trinajstić information content (AvgIpc) is 3.14. The molecule has 0 bridgehead atoms. The third kappa shape index (κ3) is 3.27. The SMILES string of the molecule is CCOc1cncc(C2CCCC2CNC2CC2)c1. The molecule has 3 nitrogen and oxygen atoms in total. The molecule has 2 fully saturated rings. The van der Waals surface area contributed by atoms with Crippen molar-refractivity contribution in [3.05, 3.63) is 24.0 Å². The van der Waals surface area contributed by atoms with Gasteiger partial charge in [0.15, 0.2) is 0 Å². The van der Waals surface area contributed by atoms with Crippen molar-refractivity contribution in [1.29, 1.82) is 0 Å². The van der Waals surface area contributed by atoms with Gasteiger partial charge in [-0.25, -0.2) is 0 Å². The second-order valence-electron chi connectivity index (χ2n) is 5.87. The lowest BCUT2D eigenvalue weighted by Gasteiger charge is -2.20. The molecule has 0 amide bonds. The Kier molecular flexibility index (Phi) is 4.02. The molecule has 3 rings (SSSR count). The van der Waals surface area contributed by atoms with Gasteiger partial charge in [-0.1, -0.05) is 6.42 Å². The molecule has 104 valence electrons. The Hall–Kier alpha value is -1.09. The zero-order valence-electron chi connectivity index (χ0n) is 11.8. The highest BCUT2D eigenvalue weighted by molar-refractivity contribution is 5.27. The summed E-state index contributed by atoms with van der Waals surface area (Å²) in [6.07, 6.45) is 10.6. The number of pyridine rings is 1. The van der Waals surface area contributed by atoms with Crippen molar-refractivity contribution >= 4 is 0 Å². The lowest BCUT2D eigenvalue weighted by atomic mass is 9.90. The van der Waals surface area contributed by atoms with Crippen LogP contribution in [0.1, 0.15) is 50.5 Å². The quantitative estimate of drug-likeness (QED) is 0.853. The number of hydrogen-bond donors (Lipinski definition) is 1. The van der Waals surface area contributed by atoms with Gasteiger partial charge in [-0.2, -0.15) is 0 Å². The molecule has 0 aromatic carbocycles. The normalized spacial score (nSPS) is 26.6. The van der Waals surface area contributed by atoms with Crippen molar-refractivity contribution in [1.82, 2.24) is 10.3 Å². The van der Waals surface area contributed by atoms with Crippen molar-refractivity contribution < 1.29 is 4.74 Å². The summed E-state index contributed by atoms with van der Waals surface area (Å²) in [6.45, 7) is 3.90. The average molecular weight is 260 g/mol. The third-order valence-corrected chi connectivity index (χ3v) is 4.38. The minimum Gasteiger partial charge on any atom is -0.492 e. The van der Waals surface area contributed by atoms with Crippen LogP contribution in [0.2, 0.25) is 0 Å². The van der Waals surface area contributed by atoms with Crippen LogP contribution in [0.15, 0.2) is 18.5 Å². The molecule has 0 aliphatic heterocycles. The van der Waals surface area contributed by atoms with Crippen LogP contribution in [0.5, 0.6) is 5.75 Å². The van der Waals surface area contributed by atoms with Crippen molar-refractivity contribution in [2.45, 2.75) is 51.0 Å². The van der Waals surface area contributed by atoms with Crippen LogP contribution >= 0.6 is 0 Å². The summed E-state index contributed by atoms with van der Waals surface area (Å²) in [5, 5.41) is 3.69. The molecule has 1 N–H and O–H groups in total. The standard InChI is InChI=1S/C16H24N2O/c1-2-19-15-8-13(9-17-11-15)16-5-3-4-12(16)10-18-14-6-7-14/h8-9,11-12,14,16,18H,2-7,10H2,1H3. The fourth-order valence-corrected chi connectivity index (χ4v) is 3.21. The van der Waals surface area contributed by atoms with Gasteiger partial charge in [-0.05, 0) is 62.6 Å². The summed E-state index contributed by atoms with van der Waals surface area (Å²) >= 11 is 0. The van der Waals surface area contributed by atoms with E-state index < -0.39 is 0 Å². The first-order valence-electron chi connectivity index (χ1n) is 7.68. The van der Waals surface area contributed by atoms with Crippen LogP contribution in [-0.4, -0.2) is 24.2 Å². The zero-order chi connectivity index (χ0) is 13.1. The second-order valence-corrected chi connectivity index (χ2v) is 5.87. The highest BCUT2D eigenvalue weighted by Crippen LogP contribution is 2.40. The van der Waals surface area contributed by atoms with E-state index in [2.05, 4.69) is 16.4 Å². The first kappa shape index (κ1) is 12.9. The molecule has 1 aromatic rings. The smallest absolute Gasteiger partial charge is 0.137 e. The summed E-state index contributed by atoms with van der Waals surface area (Å²) < 4.78 is 5.57. The fourth-order valence-electron chi connectivity index (χ4n) is 3.21. The number of rotatable bonds is 6. The number of nitrogens with zero attached hydrogens (tertiary/aromatic N) is 1. The predicted octanol–water partition coefficient (Wildman–Crippen LogP) is 3.12. The Labute approximate surface area is 115 Å². The molecule has 2 atom stereocenters. The highest BCUT2D eigenvalue weighted by atomic mass is 16.5. The minimum atomic E-state index is 0.666. The first-order chi connectivity index (χ1) is 9.36. The van der Waals surface area contributed by atoms with Crippen LogP contribution < -0.4 is 10.1 Å². The van der Waals surface area contributed by atoms with E-state index >= 15 is 0 Å². The molecule has 0 radical (unpaired) electrons. The number of ether oxygens (including phenoxy) is 1. The molecule has 2 aliphatic rings. The second kappa shape index (κ2) is 5.91. The molecule has 2 saturated carbocycles. The van der Waals surface area contributed by atoms with Gasteiger partial charge in [0, 0.05) is 12.2 Å². The van der Waals surface area contributed by atoms with E-state index in [0.29, 0.717) is 12.5 Å². The molecule has 2 unspecified atom stereocenters. The summed E-state index contributed by atoms with van der Waals surface area (Å²) in [5.74, 6) is 2.36. The van der Waals surface area contributed by atoms with Crippen LogP contribution in [0.4, 0.5) is 0 Å². The van der Waals surface area contributed by atoms with E-state index in [9.17, 15) is 0 Å². The Morgan fingerprint density at radius 2 is 2.16 bits per heavy atom. The molecular weight excluding hydrogens is 236 g/mol. The lowest BCUT2D eigenvalue weighted by Crippen LogP contribution is -2.26. The van der Waals surface area contributed by atoms with E-state index in [1.165, 1.54) is 44.2 Å². The van der Waals surface area contributed by atoms with Gasteiger partial charge in [0.25, 0.3) is 0 Å². The molecule has 1 heterocycles. The largest absolute Gasteiger partial charge is 0.492 e. The molecule has 0 saturated heterocycles. The van der Waals surface area contributed by atoms with Crippen LogP contribution in [-0.2, 0) is 0 Å². The predicted molar refractivity (Wildman–Crippen MR) is 76.5 cm³/mol. The topological polar surface area (TPSA) is 34.1 Å². The third-order valence-electron chi connectivity index (χ3n) is 4.38. The first-order valence-corrected chi connectivity index (χ1v) is 7.68. The minimum absolute atomic E-state index is 0.666. The Morgan fingerprint density at radius 1 is 1.26 bits per heavy atom. The molecule has 0 spiro atoms. The summed E-state index contributed by atoms with van der Waals surface area (Å²) in [5.41, 5.74) is 1.37. The van der Waals surface area contributed by atoms with Crippen LogP contribution in [0.3, 0.4) is 0 Å². The Bertz CT molecular complexity index is 417. The lowest BCUT2D eigenvalue weighted by molar-refractivity contribution is 0.337. The molecular formula is C16H24N2O. The summed E-state index contributed by atoms with van der Waals surface area (Å²) in [7, 11) is 0. The highest BCUT2D eigenvalue weighted by Gasteiger charge is 2.30. The maximum absolute atomic E-state index is 5.57. The van der Waals surface area contributed by atoms with Gasteiger partial charge in [0.2, 0.25) is 0 Å². The number of hydrogen-bond acceptors (Lipinski definition) is 3. The molecule has 1 aromatic heterocycles. The van der Waals surface area contributed by atoms with Crippen molar-refractivity contribution in [3.63, 3.8) is 0 Å². The maximum atomic E-state index is 5.57. The molecule has 3 heteroatoms.